The lowest BCUT2D eigenvalue weighted by atomic mass is 10.0. The highest BCUT2D eigenvalue weighted by Crippen LogP contribution is 2.25. The van der Waals surface area contributed by atoms with Gasteiger partial charge in [0.2, 0.25) is 5.91 Å². The van der Waals surface area contributed by atoms with Gasteiger partial charge in [-0.3, -0.25) is 4.79 Å². The number of methoxy groups -OCH3 is 1. The lowest BCUT2D eigenvalue weighted by molar-refractivity contribution is -0.123. The van der Waals surface area contributed by atoms with Crippen LogP contribution in [0.2, 0.25) is 0 Å². The number of benzene rings is 1. The topological polar surface area (TPSA) is 62.4 Å². The monoisotopic (exact) mass is 277 g/mol. The predicted octanol–water partition coefficient (Wildman–Crippen LogP) is 1.52. The molecule has 1 fully saturated rings. The van der Waals surface area contributed by atoms with Gasteiger partial charge in [0, 0.05) is 12.1 Å². The molecule has 0 aromatic heterocycles. The highest BCUT2D eigenvalue weighted by atomic mass is 16.5. The fraction of sp³-hybridized carbons (Fsp3) is 0.533. The zero-order valence-electron chi connectivity index (χ0n) is 12.3. The molecule has 1 amide bonds. The van der Waals surface area contributed by atoms with E-state index in [1.165, 1.54) is 0 Å². The van der Waals surface area contributed by atoms with Crippen molar-refractivity contribution in [2.75, 3.05) is 7.11 Å². The lowest BCUT2D eigenvalue weighted by Gasteiger charge is -2.15. The van der Waals surface area contributed by atoms with Crippen molar-refractivity contribution >= 4 is 5.91 Å². The molecule has 0 bridgehead atoms. The van der Waals surface area contributed by atoms with Crippen molar-refractivity contribution in [1.29, 1.82) is 0 Å². The molecule has 0 radical (unpaired) electrons. The molecule has 3 unspecified atom stereocenters. The van der Waals surface area contributed by atoms with Gasteiger partial charge in [0.1, 0.15) is 11.8 Å². The lowest BCUT2D eigenvalue weighted by Crippen LogP contribution is -2.45. The number of amides is 1. The first-order chi connectivity index (χ1) is 9.63. The van der Waals surface area contributed by atoms with Gasteiger partial charge in [-0.25, -0.2) is 10.9 Å². The molecule has 3 atom stereocenters. The molecule has 5 heteroatoms. The molecule has 0 aliphatic carbocycles. The van der Waals surface area contributed by atoms with Gasteiger partial charge in [-0.05, 0) is 37.5 Å². The number of carbonyl (C=O) groups excluding carboxylic acids is 1. The zero-order chi connectivity index (χ0) is 14.5. The Kier molecular flexibility index (Phi) is 4.98. The molecule has 1 aliphatic heterocycles. The summed E-state index contributed by atoms with van der Waals surface area (Å²) in [6.07, 6.45) is 1.67. The number of hydrazine groups is 1. The van der Waals surface area contributed by atoms with Gasteiger partial charge < -0.3 is 10.1 Å². The summed E-state index contributed by atoms with van der Waals surface area (Å²) in [5, 5.41) is 3.00. The van der Waals surface area contributed by atoms with Gasteiger partial charge in [-0.15, -0.1) is 0 Å². The Morgan fingerprint density at radius 3 is 3.00 bits per heavy atom. The maximum absolute atomic E-state index is 12.1. The van der Waals surface area contributed by atoms with E-state index >= 15 is 0 Å². The quantitative estimate of drug-likeness (QED) is 0.763. The molecule has 1 saturated heterocycles. The zero-order valence-corrected chi connectivity index (χ0v) is 12.3. The molecule has 110 valence electrons. The molecular formula is C15H23N3O2. The van der Waals surface area contributed by atoms with Gasteiger partial charge in [0.15, 0.2) is 0 Å². The Balaban J connectivity index is 1.96. The normalized spacial score (nSPS) is 23.4. The van der Waals surface area contributed by atoms with E-state index < -0.39 is 0 Å². The van der Waals surface area contributed by atoms with E-state index in [2.05, 4.69) is 23.1 Å². The maximum atomic E-state index is 12.1. The molecule has 0 spiro atoms. The Morgan fingerprint density at radius 2 is 2.30 bits per heavy atom. The summed E-state index contributed by atoms with van der Waals surface area (Å²) < 4.78 is 5.23. The van der Waals surface area contributed by atoms with Crippen molar-refractivity contribution in [3.63, 3.8) is 0 Å². The van der Waals surface area contributed by atoms with Crippen LogP contribution in [0.3, 0.4) is 0 Å². The third kappa shape index (κ3) is 3.49. The molecule has 1 aliphatic rings. The molecule has 0 saturated carbocycles. The SMILES string of the molecule is CCC(C)NC(=O)C1CC(c2cccc(OC)c2)NN1. The third-order valence-electron chi connectivity index (χ3n) is 3.72. The second-order valence-electron chi connectivity index (χ2n) is 5.22. The number of ether oxygens (including phenoxy) is 1. The molecule has 1 aromatic rings. The van der Waals surface area contributed by atoms with Gasteiger partial charge in [-0.1, -0.05) is 19.1 Å². The number of rotatable bonds is 5. The minimum atomic E-state index is -0.194. The first kappa shape index (κ1) is 14.8. The molecular weight excluding hydrogens is 254 g/mol. The summed E-state index contributed by atoms with van der Waals surface area (Å²) in [6, 6.07) is 8.05. The van der Waals surface area contributed by atoms with Crippen LogP contribution in [0.25, 0.3) is 0 Å². The summed E-state index contributed by atoms with van der Waals surface area (Å²) >= 11 is 0. The Morgan fingerprint density at radius 1 is 1.50 bits per heavy atom. The Labute approximate surface area is 120 Å². The van der Waals surface area contributed by atoms with E-state index in [1.807, 2.05) is 31.2 Å². The van der Waals surface area contributed by atoms with Gasteiger partial charge in [0.25, 0.3) is 0 Å². The maximum Gasteiger partial charge on any atom is 0.238 e. The first-order valence-corrected chi connectivity index (χ1v) is 7.09. The minimum absolute atomic E-state index is 0.0530. The van der Waals surface area contributed by atoms with Crippen LogP contribution in [-0.4, -0.2) is 25.1 Å². The van der Waals surface area contributed by atoms with Crippen LogP contribution in [0.5, 0.6) is 5.75 Å². The highest BCUT2D eigenvalue weighted by Gasteiger charge is 2.30. The van der Waals surface area contributed by atoms with Gasteiger partial charge >= 0.3 is 0 Å². The summed E-state index contributed by atoms with van der Waals surface area (Å²) in [4.78, 5) is 12.1. The second-order valence-corrected chi connectivity index (χ2v) is 5.22. The molecule has 1 heterocycles. The van der Waals surface area contributed by atoms with Gasteiger partial charge in [0.05, 0.1) is 7.11 Å². The Hall–Kier alpha value is -1.59. The van der Waals surface area contributed by atoms with E-state index in [9.17, 15) is 4.79 Å². The second kappa shape index (κ2) is 6.72. The van der Waals surface area contributed by atoms with Crippen molar-refractivity contribution in [1.82, 2.24) is 16.2 Å². The summed E-state index contributed by atoms with van der Waals surface area (Å²) in [6.45, 7) is 4.07. The third-order valence-corrected chi connectivity index (χ3v) is 3.72. The van der Waals surface area contributed by atoms with E-state index in [1.54, 1.807) is 7.11 Å². The molecule has 20 heavy (non-hydrogen) atoms. The van der Waals surface area contributed by atoms with E-state index in [0.29, 0.717) is 0 Å². The first-order valence-electron chi connectivity index (χ1n) is 7.09. The molecule has 3 N–H and O–H groups in total. The number of carbonyl (C=O) groups is 1. The van der Waals surface area contributed by atoms with Crippen molar-refractivity contribution in [2.24, 2.45) is 0 Å². The smallest absolute Gasteiger partial charge is 0.238 e. The van der Waals surface area contributed by atoms with Crippen molar-refractivity contribution in [3.05, 3.63) is 29.8 Å². The highest BCUT2D eigenvalue weighted by molar-refractivity contribution is 5.82. The van der Waals surface area contributed by atoms with Crippen LogP contribution in [-0.2, 0) is 4.79 Å². The minimum Gasteiger partial charge on any atom is -0.497 e. The molecule has 1 aromatic carbocycles. The molecule has 2 rings (SSSR count). The fourth-order valence-electron chi connectivity index (χ4n) is 2.25. The van der Waals surface area contributed by atoms with Crippen molar-refractivity contribution < 1.29 is 9.53 Å². The van der Waals surface area contributed by atoms with Crippen LogP contribution in [0.15, 0.2) is 24.3 Å². The standard InChI is InChI=1S/C15H23N3O2/c1-4-10(2)16-15(19)14-9-13(17-18-14)11-6-5-7-12(8-11)20-3/h5-8,10,13-14,17-18H,4,9H2,1-3H3,(H,16,19). The van der Waals surface area contributed by atoms with E-state index in [0.717, 1.165) is 24.2 Å². The largest absolute Gasteiger partial charge is 0.497 e. The van der Waals surface area contributed by atoms with Crippen LogP contribution >= 0.6 is 0 Å². The summed E-state index contributed by atoms with van der Waals surface area (Å²) in [7, 11) is 1.65. The number of hydrogen-bond acceptors (Lipinski definition) is 4. The summed E-state index contributed by atoms with van der Waals surface area (Å²) in [5.41, 5.74) is 7.37. The average Bonchev–Trinajstić information content (AvgIpc) is 2.97. The average molecular weight is 277 g/mol. The van der Waals surface area contributed by atoms with Crippen LogP contribution < -0.4 is 20.9 Å². The van der Waals surface area contributed by atoms with Crippen molar-refractivity contribution in [3.8, 4) is 5.75 Å². The van der Waals surface area contributed by atoms with Crippen LogP contribution in [0, 0.1) is 0 Å². The number of nitrogens with one attached hydrogen (secondary N) is 3. The van der Waals surface area contributed by atoms with E-state index in [-0.39, 0.29) is 24.0 Å². The van der Waals surface area contributed by atoms with Crippen LogP contribution in [0.4, 0.5) is 0 Å². The van der Waals surface area contributed by atoms with Crippen molar-refractivity contribution in [2.45, 2.75) is 44.8 Å². The fourth-order valence-corrected chi connectivity index (χ4v) is 2.25. The number of hydrogen-bond donors (Lipinski definition) is 3. The van der Waals surface area contributed by atoms with Gasteiger partial charge in [-0.2, -0.15) is 0 Å². The molecule has 5 nitrogen and oxygen atoms in total. The Bertz CT molecular complexity index is 464. The predicted molar refractivity (Wildman–Crippen MR) is 78.3 cm³/mol. The summed E-state index contributed by atoms with van der Waals surface area (Å²) in [5.74, 6) is 0.883. The van der Waals surface area contributed by atoms with E-state index in [4.69, 9.17) is 4.74 Å². The van der Waals surface area contributed by atoms with Crippen LogP contribution in [0.1, 0.15) is 38.3 Å².